The molecule has 1 aromatic heterocycles. The van der Waals surface area contributed by atoms with E-state index >= 15 is 0 Å². The Kier molecular flexibility index (Phi) is 4.62. The first-order valence-electron chi connectivity index (χ1n) is 9.16. The summed E-state index contributed by atoms with van der Waals surface area (Å²) in [5.41, 5.74) is 3.96. The van der Waals surface area contributed by atoms with Crippen LogP contribution in [-0.2, 0) is 0 Å². The molecule has 0 saturated carbocycles. The van der Waals surface area contributed by atoms with Crippen LogP contribution in [0, 0.1) is 13.8 Å². The summed E-state index contributed by atoms with van der Waals surface area (Å²) in [5.74, 6) is 1.04. The van der Waals surface area contributed by atoms with Crippen molar-refractivity contribution in [2.75, 3.05) is 11.9 Å². The lowest BCUT2D eigenvalue weighted by molar-refractivity contribution is 0.193. The molecule has 1 N–H and O–H groups in total. The molecule has 1 aliphatic heterocycles. The van der Waals surface area contributed by atoms with E-state index in [9.17, 15) is 4.79 Å². The number of amides is 2. The summed E-state index contributed by atoms with van der Waals surface area (Å²) in [4.78, 5) is 19.2. The van der Waals surface area contributed by atoms with Crippen molar-refractivity contribution >= 4 is 11.7 Å². The van der Waals surface area contributed by atoms with Gasteiger partial charge in [0.2, 0.25) is 11.7 Å². The van der Waals surface area contributed by atoms with Crippen LogP contribution in [0.1, 0.15) is 35.9 Å². The number of carbonyl (C=O) groups is 1. The van der Waals surface area contributed by atoms with Gasteiger partial charge < -0.3 is 14.7 Å². The van der Waals surface area contributed by atoms with E-state index in [-0.39, 0.29) is 12.1 Å². The molecule has 27 heavy (non-hydrogen) atoms. The molecule has 6 heteroatoms. The van der Waals surface area contributed by atoms with Gasteiger partial charge in [0.05, 0.1) is 0 Å². The van der Waals surface area contributed by atoms with Crippen molar-refractivity contribution in [1.82, 2.24) is 15.0 Å². The van der Waals surface area contributed by atoms with Crippen molar-refractivity contribution in [3.8, 4) is 11.4 Å². The minimum atomic E-state index is -0.194. The van der Waals surface area contributed by atoms with Crippen LogP contribution in [0.15, 0.2) is 53.1 Å². The molecule has 0 unspecified atom stereocenters. The zero-order valence-corrected chi connectivity index (χ0v) is 15.5. The van der Waals surface area contributed by atoms with E-state index < -0.39 is 0 Å². The number of aryl methyl sites for hydroxylation is 1. The van der Waals surface area contributed by atoms with Crippen molar-refractivity contribution in [3.63, 3.8) is 0 Å². The summed E-state index contributed by atoms with van der Waals surface area (Å²) in [7, 11) is 0. The summed E-state index contributed by atoms with van der Waals surface area (Å²) in [5, 5.41) is 7.12. The van der Waals surface area contributed by atoms with Gasteiger partial charge in [-0.3, -0.25) is 0 Å². The van der Waals surface area contributed by atoms with Crippen molar-refractivity contribution in [2.24, 2.45) is 0 Å². The number of anilines is 1. The zero-order chi connectivity index (χ0) is 18.8. The Hall–Kier alpha value is -3.15. The van der Waals surface area contributed by atoms with Crippen LogP contribution in [0.3, 0.4) is 0 Å². The maximum atomic E-state index is 12.9. The number of rotatable bonds is 3. The Bertz CT molecular complexity index is 952. The van der Waals surface area contributed by atoms with E-state index in [1.54, 1.807) is 4.90 Å². The van der Waals surface area contributed by atoms with Crippen molar-refractivity contribution in [2.45, 2.75) is 32.7 Å². The molecule has 3 aromatic rings. The third-order valence-electron chi connectivity index (χ3n) is 5.12. The van der Waals surface area contributed by atoms with Gasteiger partial charge in [-0.2, -0.15) is 4.98 Å². The van der Waals surface area contributed by atoms with Gasteiger partial charge in [0.15, 0.2) is 0 Å². The summed E-state index contributed by atoms with van der Waals surface area (Å²) in [6, 6.07) is 15.3. The van der Waals surface area contributed by atoms with Crippen LogP contribution in [0.25, 0.3) is 11.4 Å². The van der Waals surface area contributed by atoms with E-state index in [0.29, 0.717) is 18.3 Å². The maximum absolute atomic E-state index is 12.9. The minimum Gasteiger partial charge on any atom is -0.337 e. The van der Waals surface area contributed by atoms with Gasteiger partial charge in [-0.25, -0.2) is 4.79 Å². The van der Waals surface area contributed by atoms with Crippen LogP contribution < -0.4 is 5.32 Å². The molecule has 0 aliphatic carbocycles. The van der Waals surface area contributed by atoms with Gasteiger partial charge >= 0.3 is 6.03 Å². The molecule has 1 aliphatic rings. The monoisotopic (exact) mass is 362 g/mol. The highest BCUT2D eigenvalue weighted by Gasteiger charge is 2.34. The minimum absolute atomic E-state index is 0.134. The quantitative estimate of drug-likeness (QED) is 0.732. The zero-order valence-electron chi connectivity index (χ0n) is 15.5. The fourth-order valence-corrected chi connectivity index (χ4v) is 3.42. The molecule has 1 fully saturated rings. The lowest BCUT2D eigenvalue weighted by atomic mass is 10.1. The van der Waals surface area contributed by atoms with Crippen molar-refractivity contribution < 1.29 is 9.32 Å². The standard InChI is InChI=1S/C21H22N4O2/c1-14-8-6-11-17(15(14)2)22-21(26)25-13-7-12-18(25)20-23-19(24-27-20)16-9-4-3-5-10-16/h3-6,8-11,18H,7,12-13H2,1-2H3,(H,22,26)/t18-/m0/s1. The molecule has 2 heterocycles. The molecule has 0 bridgehead atoms. The first kappa shape index (κ1) is 17.3. The number of nitrogens with one attached hydrogen (secondary N) is 1. The topological polar surface area (TPSA) is 71.3 Å². The van der Waals surface area contributed by atoms with Gasteiger partial charge in [0, 0.05) is 17.8 Å². The maximum Gasteiger partial charge on any atom is 0.322 e. The molecule has 0 spiro atoms. The predicted molar refractivity (Wildman–Crippen MR) is 103 cm³/mol. The summed E-state index contributed by atoms with van der Waals surface area (Å²) < 4.78 is 5.49. The molecule has 6 nitrogen and oxygen atoms in total. The smallest absolute Gasteiger partial charge is 0.322 e. The van der Waals surface area contributed by atoms with Crippen LogP contribution in [-0.4, -0.2) is 27.6 Å². The number of benzene rings is 2. The molecule has 0 radical (unpaired) electrons. The van der Waals surface area contributed by atoms with Crippen LogP contribution in [0.5, 0.6) is 0 Å². The number of urea groups is 1. The number of nitrogens with zero attached hydrogens (tertiary/aromatic N) is 3. The van der Waals surface area contributed by atoms with Crippen LogP contribution >= 0.6 is 0 Å². The first-order valence-corrected chi connectivity index (χ1v) is 9.16. The van der Waals surface area contributed by atoms with Gasteiger partial charge in [0.1, 0.15) is 6.04 Å². The summed E-state index contributed by atoms with van der Waals surface area (Å²) >= 11 is 0. The third kappa shape index (κ3) is 3.43. The summed E-state index contributed by atoms with van der Waals surface area (Å²) in [6.07, 6.45) is 1.73. The van der Waals surface area contributed by atoms with Gasteiger partial charge in [-0.1, -0.05) is 47.6 Å². The largest absolute Gasteiger partial charge is 0.337 e. The highest BCUT2D eigenvalue weighted by Crippen LogP contribution is 2.32. The lowest BCUT2D eigenvalue weighted by Gasteiger charge is -2.23. The number of hydrogen-bond acceptors (Lipinski definition) is 4. The van der Waals surface area contributed by atoms with E-state index in [1.165, 1.54) is 0 Å². The Morgan fingerprint density at radius 2 is 1.96 bits per heavy atom. The van der Waals surface area contributed by atoms with Gasteiger partial charge in [-0.05, 0) is 43.9 Å². The normalized spacial score (nSPS) is 16.5. The van der Waals surface area contributed by atoms with Gasteiger partial charge in [-0.15, -0.1) is 0 Å². The van der Waals surface area contributed by atoms with Crippen molar-refractivity contribution in [3.05, 3.63) is 65.5 Å². The van der Waals surface area contributed by atoms with E-state index in [2.05, 4.69) is 15.5 Å². The SMILES string of the molecule is Cc1cccc(NC(=O)N2CCC[C@H]2c2nc(-c3ccccc3)no2)c1C. The molecule has 1 saturated heterocycles. The Labute approximate surface area is 158 Å². The molecule has 2 amide bonds. The van der Waals surface area contributed by atoms with Crippen molar-refractivity contribution in [1.29, 1.82) is 0 Å². The highest BCUT2D eigenvalue weighted by atomic mass is 16.5. The fourth-order valence-electron chi connectivity index (χ4n) is 3.42. The molecular weight excluding hydrogens is 340 g/mol. The average Bonchev–Trinajstić information content (AvgIpc) is 3.35. The molecule has 2 aromatic carbocycles. The van der Waals surface area contributed by atoms with E-state index in [0.717, 1.165) is 35.2 Å². The molecule has 1 atom stereocenters. The molecular formula is C21H22N4O2. The predicted octanol–water partition coefficient (Wildman–Crippen LogP) is 4.72. The lowest BCUT2D eigenvalue weighted by Crippen LogP contribution is -2.34. The average molecular weight is 362 g/mol. The number of likely N-dealkylation sites (tertiary alicyclic amines) is 1. The molecule has 138 valence electrons. The number of aromatic nitrogens is 2. The Balaban J connectivity index is 1.53. The Morgan fingerprint density at radius 3 is 2.78 bits per heavy atom. The second-order valence-corrected chi connectivity index (χ2v) is 6.85. The second-order valence-electron chi connectivity index (χ2n) is 6.85. The summed E-state index contributed by atoms with van der Waals surface area (Å²) in [6.45, 7) is 4.72. The first-order chi connectivity index (χ1) is 13.1. The number of carbonyl (C=O) groups excluding carboxylic acids is 1. The van der Waals surface area contributed by atoms with Gasteiger partial charge in [0.25, 0.3) is 0 Å². The molecule has 4 rings (SSSR count). The van der Waals surface area contributed by atoms with Crippen LogP contribution in [0.4, 0.5) is 10.5 Å². The Morgan fingerprint density at radius 1 is 1.15 bits per heavy atom. The third-order valence-corrected chi connectivity index (χ3v) is 5.12. The number of hydrogen-bond donors (Lipinski definition) is 1. The highest BCUT2D eigenvalue weighted by molar-refractivity contribution is 5.90. The fraction of sp³-hybridized carbons (Fsp3) is 0.286. The second kappa shape index (κ2) is 7.23. The van der Waals surface area contributed by atoms with Crippen LogP contribution in [0.2, 0.25) is 0 Å². The van der Waals surface area contributed by atoms with E-state index in [1.807, 2.05) is 62.4 Å². The van der Waals surface area contributed by atoms with E-state index in [4.69, 9.17) is 4.52 Å².